The van der Waals surface area contributed by atoms with Gasteiger partial charge in [-0.1, -0.05) is 12.1 Å². The predicted octanol–water partition coefficient (Wildman–Crippen LogP) is 4.37. The molecular formula is C16H13F4N3OS2. The highest BCUT2D eigenvalue weighted by atomic mass is 32.2. The molecule has 1 aromatic carbocycles. The number of fused-ring (bicyclic) bond motifs is 1. The standard InChI is InChI=1S/C16H13F4N3OS2/c1-23-6-5-9(12(17)15(23)24)22-10-4-2-3-8-13(10)25-11(7-21)14(8)26-16(18,19)20/h2-4,9,12,22H,5-6H2,1H3/t9-,12-/m1/s1. The second kappa shape index (κ2) is 6.96. The minimum atomic E-state index is -4.52. The fourth-order valence-electron chi connectivity index (χ4n) is 2.82. The van der Waals surface area contributed by atoms with Crippen LogP contribution >= 0.6 is 23.1 Å². The van der Waals surface area contributed by atoms with Gasteiger partial charge in [-0.2, -0.15) is 18.4 Å². The molecular weight excluding hydrogens is 390 g/mol. The van der Waals surface area contributed by atoms with Gasteiger partial charge in [-0.25, -0.2) is 4.39 Å². The lowest BCUT2D eigenvalue weighted by Gasteiger charge is -2.32. The average molecular weight is 403 g/mol. The van der Waals surface area contributed by atoms with Crippen LogP contribution in [0.15, 0.2) is 23.1 Å². The van der Waals surface area contributed by atoms with Crippen molar-refractivity contribution in [3.8, 4) is 6.07 Å². The van der Waals surface area contributed by atoms with E-state index in [0.29, 0.717) is 23.4 Å². The summed E-state index contributed by atoms with van der Waals surface area (Å²) in [5.41, 5.74) is -4.10. The van der Waals surface area contributed by atoms with Gasteiger partial charge in [0.1, 0.15) is 10.9 Å². The van der Waals surface area contributed by atoms with Crippen molar-refractivity contribution in [1.82, 2.24) is 4.90 Å². The summed E-state index contributed by atoms with van der Waals surface area (Å²) in [6.45, 7) is 0.385. The number of amides is 1. The highest BCUT2D eigenvalue weighted by Gasteiger charge is 2.36. The Balaban J connectivity index is 1.98. The van der Waals surface area contributed by atoms with Crippen molar-refractivity contribution in [3.05, 3.63) is 23.1 Å². The summed E-state index contributed by atoms with van der Waals surface area (Å²) in [5, 5.41) is 12.4. The summed E-state index contributed by atoms with van der Waals surface area (Å²) < 4.78 is 53.2. The SMILES string of the molecule is CN1CC[C@@H](Nc2cccc3c(SC(F)(F)F)c(C#N)sc23)[C@@H](F)C1=O. The van der Waals surface area contributed by atoms with Gasteiger partial charge in [0.2, 0.25) is 0 Å². The van der Waals surface area contributed by atoms with Crippen LogP contribution in [0.25, 0.3) is 10.1 Å². The largest absolute Gasteiger partial charge is 0.446 e. The fourth-order valence-corrected chi connectivity index (χ4v) is 4.75. The van der Waals surface area contributed by atoms with E-state index in [9.17, 15) is 27.6 Å². The Bertz CT molecular complexity index is 890. The molecule has 1 fully saturated rings. The second-order valence-corrected chi connectivity index (χ2v) is 7.90. The number of rotatable bonds is 3. The molecule has 1 amide bonds. The maximum absolute atomic E-state index is 14.3. The molecule has 1 saturated heterocycles. The molecule has 4 nitrogen and oxygen atoms in total. The monoisotopic (exact) mass is 403 g/mol. The molecule has 1 aliphatic heterocycles. The maximum Gasteiger partial charge on any atom is 0.446 e. The molecule has 0 spiro atoms. The average Bonchev–Trinajstić information content (AvgIpc) is 2.92. The second-order valence-electron chi connectivity index (χ2n) is 5.80. The number of halogens is 4. The summed E-state index contributed by atoms with van der Waals surface area (Å²) in [4.78, 5) is 12.9. The Kier molecular flexibility index (Phi) is 5.03. The van der Waals surface area contributed by atoms with E-state index in [1.54, 1.807) is 18.2 Å². The first-order valence-electron chi connectivity index (χ1n) is 7.58. The number of likely N-dealkylation sites (tertiary alicyclic amines) is 1. The van der Waals surface area contributed by atoms with Crippen LogP contribution in [-0.2, 0) is 4.79 Å². The first-order chi connectivity index (χ1) is 12.2. The lowest BCUT2D eigenvalue weighted by molar-refractivity contribution is -0.138. The van der Waals surface area contributed by atoms with E-state index in [1.165, 1.54) is 18.0 Å². The summed E-state index contributed by atoms with van der Waals surface area (Å²) in [6, 6.07) is 5.68. The number of alkyl halides is 4. The van der Waals surface area contributed by atoms with E-state index in [1.807, 2.05) is 0 Å². The third kappa shape index (κ3) is 3.59. The Hall–Kier alpha value is -1.99. The number of carbonyl (C=O) groups is 1. The van der Waals surface area contributed by atoms with Crippen molar-refractivity contribution in [1.29, 1.82) is 5.26 Å². The van der Waals surface area contributed by atoms with Gasteiger partial charge in [-0.15, -0.1) is 11.3 Å². The van der Waals surface area contributed by atoms with Crippen molar-refractivity contribution in [2.75, 3.05) is 18.9 Å². The van der Waals surface area contributed by atoms with Gasteiger partial charge in [0.05, 0.1) is 21.3 Å². The van der Waals surface area contributed by atoms with Crippen molar-refractivity contribution < 1.29 is 22.4 Å². The van der Waals surface area contributed by atoms with Gasteiger partial charge < -0.3 is 10.2 Å². The molecule has 0 aliphatic carbocycles. The summed E-state index contributed by atoms with van der Waals surface area (Å²) >= 11 is 0.590. The fraction of sp³-hybridized carbons (Fsp3) is 0.375. The Labute approximate surface area is 154 Å². The zero-order valence-electron chi connectivity index (χ0n) is 13.4. The van der Waals surface area contributed by atoms with E-state index in [4.69, 9.17) is 0 Å². The number of piperidine rings is 1. The topological polar surface area (TPSA) is 56.1 Å². The van der Waals surface area contributed by atoms with E-state index in [-0.39, 0.29) is 26.9 Å². The molecule has 26 heavy (non-hydrogen) atoms. The quantitative estimate of drug-likeness (QED) is 0.611. The Morgan fingerprint density at radius 2 is 2.15 bits per heavy atom. The zero-order valence-corrected chi connectivity index (χ0v) is 15.1. The maximum atomic E-state index is 14.3. The molecule has 10 heteroatoms. The molecule has 0 unspecified atom stereocenters. The van der Waals surface area contributed by atoms with Gasteiger partial charge in [0, 0.05) is 19.0 Å². The van der Waals surface area contributed by atoms with Crippen molar-refractivity contribution >= 4 is 44.8 Å². The van der Waals surface area contributed by atoms with Crippen LogP contribution < -0.4 is 5.32 Å². The molecule has 0 saturated carbocycles. The van der Waals surface area contributed by atoms with Crippen LogP contribution in [0.2, 0.25) is 0 Å². The van der Waals surface area contributed by atoms with E-state index >= 15 is 0 Å². The third-order valence-electron chi connectivity index (χ3n) is 4.07. The van der Waals surface area contributed by atoms with Crippen LogP contribution in [0.5, 0.6) is 0 Å². The molecule has 3 rings (SSSR count). The van der Waals surface area contributed by atoms with Crippen LogP contribution in [0, 0.1) is 11.3 Å². The number of nitrogens with one attached hydrogen (secondary N) is 1. The van der Waals surface area contributed by atoms with Crippen LogP contribution in [0.3, 0.4) is 0 Å². The minimum Gasteiger partial charge on any atom is -0.378 e. The van der Waals surface area contributed by atoms with Gasteiger partial charge in [-0.05, 0) is 24.2 Å². The van der Waals surface area contributed by atoms with Gasteiger partial charge in [0.25, 0.3) is 5.91 Å². The molecule has 0 bridgehead atoms. The van der Waals surface area contributed by atoms with Crippen molar-refractivity contribution in [2.45, 2.75) is 29.0 Å². The first kappa shape index (κ1) is 18.8. The van der Waals surface area contributed by atoms with E-state index < -0.39 is 23.6 Å². The number of thiophene rings is 1. The summed E-state index contributed by atoms with van der Waals surface area (Å²) in [7, 11) is 1.52. The Morgan fingerprint density at radius 1 is 1.42 bits per heavy atom. The molecule has 1 N–H and O–H groups in total. The smallest absolute Gasteiger partial charge is 0.378 e. The minimum absolute atomic E-state index is 0.0483. The van der Waals surface area contributed by atoms with Gasteiger partial charge in [-0.3, -0.25) is 4.79 Å². The number of carbonyl (C=O) groups excluding carboxylic acids is 1. The molecule has 2 aromatic rings. The molecule has 138 valence electrons. The van der Waals surface area contributed by atoms with Crippen molar-refractivity contribution in [3.63, 3.8) is 0 Å². The van der Waals surface area contributed by atoms with Gasteiger partial charge in [0.15, 0.2) is 6.17 Å². The van der Waals surface area contributed by atoms with Crippen LogP contribution in [-0.4, -0.2) is 42.1 Å². The lowest BCUT2D eigenvalue weighted by Crippen LogP contribution is -2.50. The Morgan fingerprint density at radius 3 is 2.81 bits per heavy atom. The normalized spacial score (nSPS) is 21.1. The highest BCUT2D eigenvalue weighted by Crippen LogP contribution is 2.47. The van der Waals surface area contributed by atoms with E-state index in [0.717, 1.165) is 11.3 Å². The molecule has 0 radical (unpaired) electrons. The number of benzene rings is 1. The molecule has 2 heterocycles. The summed E-state index contributed by atoms with van der Waals surface area (Å²) in [5.74, 6) is -0.627. The van der Waals surface area contributed by atoms with Crippen LogP contribution in [0.4, 0.5) is 23.2 Å². The number of thioether (sulfide) groups is 1. The molecule has 2 atom stereocenters. The number of nitriles is 1. The van der Waals surface area contributed by atoms with Crippen LogP contribution in [0.1, 0.15) is 11.3 Å². The van der Waals surface area contributed by atoms with E-state index in [2.05, 4.69) is 5.32 Å². The summed E-state index contributed by atoms with van der Waals surface area (Å²) in [6.07, 6.45) is -1.36. The van der Waals surface area contributed by atoms with Gasteiger partial charge >= 0.3 is 5.51 Å². The molecule has 1 aliphatic rings. The molecule has 1 aromatic heterocycles. The number of anilines is 1. The highest BCUT2D eigenvalue weighted by molar-refractivity contribution is 8.00. The number of nitrogens with zero attached hydrogens (tertiary/aromatic N) is 2. The van der Waals surface area contributed by atoms with Crippen molar-refractivity contribution in [2.24, 2.45) is 0 Å². The number of hydrogen-bond donors (Lipinski definition) is 1. The predicted molar refractivity (Wildman–Crippen MR) is 93.0 cm³/mol. The number of hydrogen-bond acceptors (Lipinski definition) is 5. The first-order valence-corrected chi connectivity index (χ1v) is 9.21. The zero-order chi connectivity index (χ0) is 19.1. The third-order valence-corrected chi connectivity index (χ3v) is 6.20. The lowest BCUT2D eigenvalue weighted by atomic mass is 10.0.